The quantitative estimate of drug-likeness (QED) is 0.664. The third kappa shape index (κ3) is 3.63. The molecule has 146 valence electrons. The van der Waals surface area contributed by atoms with Gasteiger partial charge >= 0.3 is 0 Å². The van der Waals surface area contributed by atoms with Gasteiger partial charge in [0.2, 0.25) is 0 Å². The van der Waals surface area contributed by atoms with E-state index in [1.54, 1.807) is 18.3 Å². The van der Waals surface area contributed by atoms with Gasteiger partial charge in [-0.15, -0.1) is 0 Å². The van der Waals surface area contributed by atoms with Crippen molar-refractivity contribution in [1.29, 1.82) is 0 Å². The SMILES string of the molecule is CCC(O)Nc1cc(-c2c(-c3ccc(F)cc3)nn3c2CN(C)CC3)ccn1. The van der Waals surface area contributed by atoms with Gasteiger partial charge in [-0.25, -0.2) is 9.37 Å². The molecule has 3 aromatic rings. The average Bonchev–Trinajstić information content (AvgIpc) is 3.07. The molecule has 0 bridgehead atoms. The molecule has 1 aliphatic heterocycles. The van der Waals surface area contributed by atoms with Crippen LogP contribution in [0.2, 0.25) is 0 Å². The standard InChI is InChI=1S/C21H24FN5O/c1-3-19(28)24-18-12-15(8-9-23-18)20-17-13-26(2)10-11-27(17)25-21(20)14-4-6-16(22)7-5-14/h4-9,12,19,28H,3,10-11,13H2,1-2H3,(H,23,24). The molecule has 0 saturated carbocycles. The Labute approximate surface area is 163 Å². The van der Waals surface area contributed by atoms with Crippen LogP contribution in [0.25, 0.3) is 22.4 Å². The summed E-state index contributed by atoms with van der Waals surface area (Å²) in [6.07, 6.45) is 1.66. The van der Waals surface area contributed by atoms with E-state index in [1.165, 1.54) is 12.1 Å². The number of fused-ring (bicyclic) bond motifs is 1. The van der Waals surface area contributed by atoms with Crippen LogP contribution in [0.5, 0.6) is 0 Å². The number of aliphatic hydroxyl groups is 1. The molecule has 28 heavy (non-hydrogen) atoms. The minimum atomic E-state index is -0.647. The number of rotatable bonds is 5. The highest BCUT2D eigenvalue weighted by Crippen LogP contribution is 2.37. The number of halogens is 1. The van der Waals surface area contributed by atoms with E-state index in [2.05, 4.69) is 22.2 Å². The number of benzene rings is 1. The summed E-state index contributed by atoms with van der Waals surface area (Å²) >= 11 is 0. The smallest absolute Gasteiger partial charge is 0.128 e. The molecule has 1 aromatic carbocycles. The number of likely N-dealkylation sites (N-methyl/N-ethyl adjacent to an activating group) is 1. The summed E-state index contributed by atoms with van der Waals surface area (Å²) in [5.41, 5.74) is 4.83. The summed E-state index contributed by atoms with van der Waals surface area (Å²) in [5.74, 6) is 0.346. The summed E-state index contributed by atoms with van der Waals surface area (Å²) in [4.78, 5) is 6.58. The van der Waals surface area contributed by atoms with E-state index in [0.29, 0.717) is 12.2 Å². The highest BCUT2D eigenvalue weighted by atomic mass is 19.1. The van der Waals surface area contributed by atoms with E-state index < -0.39 is 6.23 Å². The monoisotopic (exact) mass is 381 g/mol. The number of hydrogen-bond acceptors (Lipinski definition) is 5. The molecule has 7 heteroatoms. The third-order valence-electron chi connectivity index (χ3n) is 5.04. The molecule has 0 spiro atoms. The highest BCUT2D eigenvalue weighted by Gasteiger charge is 2.24. The zero-order chi connectivity index (χ0) is 19.7. The molecule has 0 amide bonds. The lowest BCUT2D eigenvalue weighted by Crippen LogP contribution is -2.30. The predicted molar refractivity (Wildman–Crippen MR) is 107 cm³/mol. The fraction of sp³-hybridized carbons (Fsp3) is 0.333. The van der Waals surface area contributed by atoms with Crippen LogP contribution < -0.4 is 5.32 Å². The fourth-order valence-electron chi connectivity index (χ4n) is 3.49. The molecule has 3 heterocycles. The van der Waals surface area contributed by atoms with Crippen LogP contribution in [0, 0.1) is 5.82 Å². The van der Waals surface area contributed by atoms with Gasteiger partial charge in [0.25, 0.3) is 0 Å². The van der Waals surface area contributed by atoms with Gasteiger partial charge in [-0.1, -0.05) is 6.92 Å². The number of pyridine rings is 1. The lowest BCUT2D eigenvalue weighted by Gasteiger charge is -2.24. The molecule has 0 aliphatic carbocycles. The fourth-order valence-corrected chi connectivity index (χ4v) is 3.49. The van der Waals surface area contributed by atoms with Crippen molar-refractivity contribution in [2.45, 2.75) is 32.7 Å². The minimum Gasteiger partial charge on any atom is -0.374 e. The number of nitrogens with one attached hydrogen (secondary N) is 1. The van der Waals surface area contributed by atoms with E-state index in [1.807, 2.05) is 23.7 Å². The summed E-state index contributed by atoms with van der Waals surface area (Å²) in [6, 6.07) is 10.3. The summed E-state index contributed by atoms with van der Waals surface area (Å²) < 4.78 is 15.5. The second kappa shape index (κ2) is 7.69. The molecule has 4 rings (SSSR count). The van der Waals surface area contributed by atoms with Crippen LogP contribution in [-0.2, 0) is 13.1 Å². The number of aromatic nitrogens is 3. The van der Waals surface area contributed by atoms with Gasteiger partial charge in [-0.2, -0.15) is 5.10 Å². The van der Waals surface area contributed by atoms with E-state index in [-0.39, 0.29) is 5.82 Å². The normalized spacial score (nSPS) is 15.3. The van der Waals surface area contributed by atoms with E-state index >= 15 is 0 Å². The van der Waals surface area contributed by atoms with Crippen LogP contribution in [0.1, 0.15) is 19.0 Å². The molecule has 1 aliphatic rings. The highest BCUT2D eigenvalue weighted by molar-refractivity contribution is 5.83. The molecule has 1 atom stereocenters. The molecule has 0 radical (unpaired) electrons. The van der Waals surface area contributed by atoms with Crippen molar-refractivity contribution >= 4 is 5.82 Å². The van der Waals surface area contributed by atoms with Gasteiger partial charge in [-0.05, 0) is 55.4 Å². The number of anilines is 1. The van der Waals surface area contributed by atoms with Crippen molar-refractivity contribution in [3.63, 3.8) is 0 Å². The van der Waals surface area contributed by atoms with E-state index in [0.717, 1.165) is 47.7 Å². The van der Waals surface area contributed by atoms with Gasteiger partial charge in [-0.3, -0.25) is 9.58 Å². The Kier molecular flexibility index (Phi) is 5.11. The Morgan fingerprint density at radius 3 is 2.71 bits per heavy atom. The summed E-state index contributed by atoms with van der Waals surface area (Å²) in [7, 11) is 2.09. The molecule has 0 fully saturated rings. The second-order valence-corrected chi connectivity index (χ2v) is 7.14. The molecule has 6 nitrogen and oxygen atoms in total. The van der Waals surface area contributed by atoms with Crippen molar-refractivity contribution in [3.8, 4) is 22.4 Å². The van der Waals surface area contributed by atoms with Crippen LogP contribution in [0.3, 0.4) is 0 Å². The maximum absolute atomic E-state index is 13.4. The van der Waals surface area contributed by atoms with Gasteiger partial charge in [0, 0.05) is 30.4 Å². The average molecular weight is 381 g/mol. The first kappa shape index (κ1) is 18.6. The topological polar surface area (TPSA) is 66.2 Å². The van der Waals surface area contributed by atoms with Gasteiger partial charge in [0.15, 0.2) is 0 Å². The lowest BCUT2D eigenvalue weighted by atomic mass is 9.98. The van der Waals surface area contributed by atoms with Gasteiger partial charge in [0.1, 0.15) is 23.6 Å². The zero-order valence-corrected chi connectivity index (χ0v) is 16.1. The van der Waals surface area contributed by atoms with Crippen LogP contribution in [0.4, 0.5) is 10.2 Å². The van der Waals surface area contributed by atoms with Crippen molar-refractivity contribution in [2.75, 3.05) is 18.9 Å². The molecule has 2 N–H and O–H groups in total. The summed E-state index contributed by atoms with van der Waals surface area (Å²) in [6.45, 7) is 4.43. The second-order valence-electron chi connectivity index (χ2n) is 7.14. The Morgan fingerprint density at radius 1 is 1.18 bits per heavy atom. The number of aliphatic hydroxyl groups excluding tert-OH is 1. The maximum Gasteiger partial charge on any atom is 0.128 e. The van der Waals surface area contributed by atoms with Crippen LogP contribution in [-0.4, -0.2) is 44.6 Å². The molecular weight excluding hydrogens is 357 g/mol. The van der Waals surface area contributed by atoms with E-state index in [4.69, 9.17) is 5.10 Å². The Morgan fingerprint density at radius 2 is 1.96 bits per heavy atom. The van der Waals surface area contributed by atoms with Crippen LogP contribution in [0.15, 0.2) is 42.6 Å². The summed E-state index contributed by atoms with van der Waals surface area (Å²) in [5, 5.41) is 17.8. The Bertz CT molecular complexity index is 969. The van der Waals surface area contributed by atoms with Gasteiger partial charge < -0.3 is 10.4 Å². The first-order chi connectivity index (χ1) is 13.5. The van der Waals surface area contributed by atoms with Gasteiger partial charge in [0.05, 0.1) is 12.2 Å². The number of nitrogens with zero attached hydrogens (tertiary/aromatic N) is 4. The lowest BCUT2D eigenvalue weighted by molar-refractivity contribution is 0.199. The predicted octanol–water partition coefficient (Wildman–Crippen LogP) is 3.34. The molecule has 0 saturated heterocycles. The Balaban J connectivity index is 1.84. The first-order valence-electron chi connectivity index (χ1n) is 9.50. The number of hydrogen-bond donors (Lipinski definition) is 2. The molecule has 2 aromatic heterocycles. The maximum atomic E-state index is 13.4. The third-order valence-corrected chi connectivity index (χ3v) is 5.04. The van der Waals surface area contributed by atoms with Crippen molar-refractivity contribution in [2.24, 2.45) is 0 Å². The largest absolute Gasteiger partial charge is 0.374 e. The van der Waals surface area contributed by atoms with E-state index in [9.17, 15) is 9.50 Å². The first-order valence-corrected chi connectivity index (χ1v) is 9.50. The van der Waals surface area contributed by atoms with Crippen molar-refractivity contribution < 1.29 is 9.50 Å². The van der Waals surface area contributed by atoms with Crippen molar-refractivity contribution in [3.05, 3.63) is 54.1 Å². The molecule has 1 unspecified atom stereocenters. The molecular formula is C21H24FN5O. The van der Waals surface area contributed by atoms with Crippen LogP contribution >= 0.6 is 0 Å². The van der Waals surface area contributed by atoms with Crippen molar-refractivity contribution in [1.82, 2.24) is 19.7 Å². The Hall–Kier alpha value is -2.77. The zero-order valence-electron chi connectivity index (χ0n) is 16.1. The minimum absolute atomic E-state index is 0.266.